The zero-order valence-electron chi connectivity index (χ0n) is 5.48. The van der Waals surface area contributed by atoms with Crippen molar-refractivity contribution >= 4 is 37.6 Å². The van der Waals surface area contributed by atoms with Gasteiger partial charge in [-0.15, -0.1) is 0 Å². The summed E-state index contributed by atoms with van der Waals surface area (Å²) in [6.07, 6.45) is 0. The van der Waals surface area contributed by atoms with Crippen molar-refractivity contribution in [2.75, 3.05) is 0 Å². The number of hydrogen-bond donors (Lipinski definition) is 0. The van der Waals surface area contributed by atoms with E-state index < -0.39 is 0 Å². The van der Waals surface area contributed by atoms with Crippen LogP contribution in [0.1, 0.15) is 0 Å². The van der Waals surface area contributed by atoms with Crippen molar-refractivity contribution in [2.45, 2.75) is 0 Å². The molecule has 61 valence electrons. The Morgan fingerprint density at radius 3 is 0.667 bits per heavy atom. The summed E-state index contributed by atoms with van der Waals surface area (Å²) in [6.45, 7) is 19.0. The SMILES string of the molecule is [Al+3].[C-]#N.[C-]#N.[C-]#N.[C-]#N.[Cl][Fe+][Cl]. The average Bonchev–Trinajstić information content (AvgIpc) is 2.18. The molecule has 0 heterocycles. The van der Waals surface area contributed by atoms with E-state index >= 15 is 0 Å². The summed E-state index contributed by atoms with van der Waals surface area (Å²) in [5, 5.41) is 25.0. The minimum atomic E-state index is 0. The van der Waals surface area contributed by atoms with E-state index in [9.17, 15) is 0 Å². The van der Waals surface area contributed by atoms with Gasteiger partial charge in [-0.2, -0.15) is 0 Å². The van der Waals surface area contributed by atoms with Gasteiger partial charge < -0.3 is 47.3 Å². The molecule has 0 aliphatic rings. The summed E-state index contributed by atoms with van der Waals surface area (Å²) in [5.74, 6) is 0. The van der Waals surface area contributed by atoms with E-state index in [4.69, 9.17) is 67.5 Å². The molecule has 0 aromatic heterocycles. The summed E-state index contributed by atoms with van der Waals surface area (Å²) >= 11 is 0.194. The molecule has 8 heteroatoms. The van der Waals surface area contributed by atoms with E-state index in [1.165, 1.54) is 0 Å². The van der Waals surface area contributed by atoms with Crippen molar-refractivity contribution in [2.24, 2.45) is 0 Å². The zero-order valence-corrected chi connectivity index (χ0v) is 9.25. The van der Waals surface area contributed by atoms with E-state index in [1.54, 1.807) is 0 Å². The second kappa shape index (κ2) is 2780. The van der Waals surface area contributed by atoms with E-state index in [0.29, 0.717) is 0 Å². The van der Waals surface area contributed by atoms with Crippen LogP contribution in [0.15, 0.2) is 0 Å². The van der Waals surface area contributed by atoms with Crippen LogP contribution < -0.4 is 0 Å². The third-order valence-corrected chi connectivity index (χ3v) is 0. The summed E-state index contributed by atoms with van der Waals surface area (Å²) < 4.78 is 0. The van der Waals surface area contributed by atoms with Gasteiger partial charge in [0.2, 0.25) is 0 Å². The Morgan fingerprint density at radius 1 is 0.667 bits per heavy atom. The predicted molar refractivity (Wildman–Crippen MR) is 37.3 cm³/mol. The van der Waals surface area contributed by atoms with Crippen molar-refractivity contribution < 1.29 is 13.1 Å². The maximum absolute atomic E-state index is 6.25. The molecule has 0 atom stereocenters. The molecule has 0 spiro atoms. The van der Waals surface area contributed by atoms with Crippen LogP contribution in [0.2, 0.25) is 0 Å². The molecule has 0 aromatic rings. The van der Waals surface area contributed by atoms with Gasteiger partial charge >= 0.3 is 50.7 Å². The third kappa shape index (κ3) is 4250. The molecule has 0 aliphatic heterocycles. The topological polar surface area (TPSA) is 95.2 Å². The first-order valence-corrected chi connectivity index (χ1v) is 4.20. The first kappa shape index (κ1) is 41.6. The molecular weight excluding hydrogens is 258 g/mol. The van der Waals surface area contributed by atoms with Gasteiger partial charge in [-0.3, -0.25) is 0 Å². The van der Waals surface area contributed by atoms with Crippen LogP contribution in [-0.2, 0) is 13.1 Å². The quantitative estimate of drug-likeness (QED) is 0.484. The van der Waals surface area contributed by atoms with Crippen LogP contribution in [0.3, 0.4) is 0 Å². The van der Waals surface area contributed by atoms with Crippen LogP contribution >= 0.6 is 20.2 Å². The van der Waals surface area contributed by atoms with Gasteiger partial charge in [-0.1, -0.05) is 0 Å². The molecule has 4 nitrogen and oxygen atoms in total. The zero-order chi connectivity index (χ0) is 10.7. The Bertz CT molecular complexity index is 78.2. The molecule has 0 N–H and O–H groups in total. The van der Waals surface area contributed by atoms with Crippen LogP contribution in [0.4, 0.5) is 0 Å². The van der Waals surface area contributed by atoms with Gasteiger partial charge in [0.1, 0.15) is 0 Å². The standard InChI is InChI=1S/4CN.Al.2ClH.Fe/c4*1-2;;;;/h;;;;;2*1H;/q4*-1;+3;;;+3/p-2. The van der Waals surface area contributed by atoms with E-state index in [-0.39, 0.29) is 30.5 Å². The van der Waals surface area contributed by atoms with Crippen LogP contribution in [0, 0.1) is 47.3 Å². The molecule has 0 aliphatic carbocycles. The Labute approximate surface area is 97.6 Å². The fourth-order valence-corrected chi connectivity index (χ4v) is 0. The molecular formula is C4AlCl2FeN4. The van der Waals surface area contributed by atoms with Gasteiger partial charge in [0.05, 0.1) is 0 Å². The Morgan fingerprint density at radius 2 is 0.667 bits per heavy atom. The van der Waals surface area contributed by atoms with Crippen molar-refractivity contribution in [3.8, 4) is 0 Å². The van der Waals surface area contributed by atoms with Crippen molar-refractivity contribution in [1.82, 2.24) is 0 Å². The molecule has 0 radical (unpaired) electrons. The third-order valence-electron chi connectivity index (χ3n) is 0. The Balaban J connectivity index is -0.00000000933. The van der Waals surface area contributed by atoms with Crippen LogP contribution in [-0.4, -0.2) is 17.4 Å². The van der Waals surface area contributed by atoms with Crippen LogP contribution in [0.25, 0.3) is 0 Å². The second-order valence-corrected chi connectivity index (χ2v) is 1.87. The fourth-order valence-electron chi connectivity index (χ4n) is 0. The van der Waals surface area contributed by atoms with Gasteiger partial charge in [0.25, 0.3) is 0 Å². The molecule has 0 rings (SSSR count). The predicted octanol–water partition coefficient (Wildman–Crippen LogP) is 1.38. The maximum atomic E-state index is 6.25. The summed E-state index contributed by atoms with van der Waals surface area (Å²) in [6, 6.07) is 0. The fraction of sp³-hybridized carbons (Fsp3) is 0. The van der Waals surface area contributed by atoms with Crippen molar-refractivity contribution in [3.05, 3.63) is 26.3 Å². The van der Waals surface area contributed by atoms with E-state index in [0.717, 1.165) is 0 Å². The number of hydrogen-bond acceptors (Lipinski definition) is 4. The number of nitrogens with zero attached hydrogens (tertiary/aromatic N) is 4. The van der Waals surface area contributed by atoms with Gasteiger partial charge in [-0.25, -0.2) is 0 Å². The minimum absolute atomic E-state index is 0. The monoisotopic (exact) mass is 257 g/mol. The van der Waals surface area contributed by atoms with E-state index in [2.05, 4.69) is 0 Å². The molecule has 0 saturated heterocycles. The molecule has 0 saturated carbocycles. The van der Waals surface area contributed by atoms with Gasteiger partial charge in [0.15, 0.2) is 0 Å². The van der Waals surface area contributed by atoms with Gasteiger partial charge in [-0.05, 0) is 0 Å². The van der Waals surface area contributed by atoms with Gasteiger partial charge in [0, 0.05) is 0 Å². The van der Waals surface area contributed by atoms with Crippen LogP contribution in [0.5, 0.6) is 0 Å². The Kier molecular flexibility index (Phi) is 9640. The summed E-state index contributed by atoms with van der Waals surface area (Å²) in [4.78, 5) is 0. The van der Waals surface area contributed by atoms with Crippen molar-refractivity contribution in [1.29, 1.82) is 21.0 Å². The molecule has 0 amide bonds. The molecule has 0 bridgehead atoms. The molecule has 0 aromatic carbocycles. The van der Waals surface area contributed by atoms with Crippen molar-refractivity contribution in [3.63, 3.8) is 0 Å². The summed E-state index contributed by atoms with van der Waals surface area (Å²) in [7, 11) is 9.53. The average molecular weight is 258 g/mol. The number of halogens is 2. The molecule has 12 heavy (non-hydrogen) atoms. The normalized spacial score (nSPS) is 2.17. The number of rotatable bonds is 0. The van der Waals surface area contributed by atoms with E-state index in [1.807, 2.05) is 0 Å². The molecule has 0 unspecified atom stereocenters. The molecule has 0 fully saturated rings. The first-order valence-electron chi connectivity index (χ1n) is 1.16. The Hall–Kier alpha value is -0.408. The second-order valence-electron chi connectivity index (χ2n) is 0.0505. The summed E-state index contributed by atoms with van der Waals surface area (Å²) in [5.41, 5.74) is 0. The first-order chi connectivity index (χ1) is 5.41.